The van der Waals surface area contributed by atoms with Crippen molar-refractivity contribution >= 4 is 17.3 Å². The van der Waals surface area contributed by atoms with Crippen LogP contribution in [0.3, 0.4) is 0 Å². The van der Waals surface area contributed by atoms with Crippen molar-refractivity contribution in [1.82, 2.24) is 15.2 Å². The minimum absolute atomic E-state index is 0.619. The van der Waals surface area contributed by atoms with Crippen LogP contribution in [-0.2, 0) is 6.54 Å². The summed E-state index contributed by atoms with van der Waals surface area (Å²) in [5.74, 6) is 0. The van der Waals surface area contributed by atoms with Crippen molar-refractivity contribution in [1.29, 1.82) is 0 Å². The average molecular weight is 263 g/mol. The van der Waals surface area contributed by atoms with Gasteiger partial charge in [0.15, 0.2) is 5.11 Å². The van der Waals surface area contributed by atoms with Gasteiger partial charge < -0.3 is 10.2 Å². The number of unbranched alkanes of at least 4 members (excludes halogenated alkanes) is 1. The highest BCUT2D eigenvalue weighted by atomic mass is 32.1. The summed E-state index contributed by atoms with van der Waals surface area (Å²) in [6.07, 6.45) is 6.71. The van der Waals surface area contributed by atoms with Crippen molar-refractivity contribution in [3.63, 3.8) is 0 Å². The van der Waals surface area contributed by atoms with Gasteiger partial charge in [-0.05, 0) is 43.6 Å². The van der Waals surface area contributed by atoms with Gasteiger partial charge in [0.25, 0.3) is 0 Å². The summed E-state index contributed by atoms with van der Waals surface area (Å²) in [7, 11) is 0. The summed E-state index contributed by atoms with van der Waals surface area (Å²) >= 11 is 5.49. The third-order valence-corrected chi connectivity index (χ3v) is 3.49. The molecule has 1 saturated carbocycles. The van der Waals surface area contributed by atoms with Gasteiger partial charge in [-0.3, -0.25) is 4.98 Å². The van der Waals surface area contributed by atoms with Crippen LogP contribution in [0.5, 0.6) is 0 Å². The zero-order valence-corrected chi connectivity index (χ0v) is 11.7. The Labute approximate surface area is 115 Å². The molecule has 0 bridgehead atoms. The van der Waals surface area contributed by atoms with E-state index >= 15 is 0 Å². The molecule has 0 saturated heterocycles. The molecule has 1 aromatic rings. The van der Waals surface area contributed by atoms with Crippen molar-refractivity contribution < 1.29 is 0 Å². The van der Waals surface area contributed by atoms with E-state index in [-0.39, 0.29) is 0 Å². The second-order valence-corrected chi connectivity index (χ2v) is 5.15. The molecule has 4 heteroatoms. The minimum Gasteiger partial charge on any atom is -0.363 e. The van der Waals surface area contributed by atoms with Crippen molar-refractivity contribution in [2.24, 2.45) is 0 Å². The zero-order valence-electron chi connectivity index (χ0n) is 10.9. The maximum Gasteiger partial charge on any atom is 0.169 e. The van der Waals surface area contributed by atoms with E-state index in [0.717, 1.165) is 23.9 Å². The second kappa shape index (κ2) is 6.69. The predicted octanol–water partition coefficient (Wildman–Crippen LogP) is 2.72. The molecule has 1 aliphatic carbocycles. The Bertz CT molecular complexity index is 376. The standard InChI is InChI=1S/C14H21N3S/c1-2-3-9-16-14(18)17(13-7-8-13)11-12-6-4-5-10-15-12/h4-6,10,13H,2-3,7-9,11H2,1H3,(H,16,18). The number of rotatable bonds is 6. The Morgan fingerprint density at radius 2 is 2.33 bits per heavy atom. The number of aromatic nitrogens is 1. The lowest BCUT2D eigenvalue weighted by Gasteiger charge is -2.25. The highest BCUT2D eigenvalue weighted by Crippen LogP contribution is 2.28. The molecule has 0 aliphatic heterocycles. The van der Waals surface area contributed by atoms with Crippen LogP contribution >= 0.6 is 12.2 Å². The number of pyridine rings is 1. The largest absolute Gasteiger partial charge is 0.363 e. The predicted molar refractivity (Wildman–Crippen MR) is 78.3 cm³/mol. The van der Waals surface area contributed by atoms with E-state index in [1.165, 1.54) is 25.7 Å². The lowest BCUT2D eigenvalue weighted by Crippen LogP contribution is -2.41. The second-order valence-electron chi connectivity index (χ2n) is 4.77. The third-order valence-electron chi connectivity index (χ3n) is 3.11. The highest BCUT2D eigenvalue weighted by Gasteiger charge is 2.30. The molecule has 1 N–H and O–H groups in total. The summed E-state index contributed by atoms with van der Waals surface area (Å²) in [5.41, 5.74) is 1.09. The molecule has 1 aliphatic rings. The lowest BCUT2D eigenvalue weighted by molar-refractivity contribution is 0.390. The van der Waals surface area contributed by atoms with E-state index in [1.807, 2.05) is 18.3 Å². The summed E-state index contributed by atoms with van der Waals surface area (Å²) in [6.45, 7) is 3.99. The van der Waals surface area contributed by atoms with Crippen LogP contribution in [0, 0.1) is 0 Å². The summed E-state index contributed by atoms with van der Waals surface area (Å²) < 4.78 is 0. The molecule has 0 radical (unpaired) electrons. The van der Waals surface area contributed by atoms with Gasteiger partial charge in [-0.25, -0.2) is 0 Å². The van der Waals surface area contributed by atoms with E-state index in [2.05, 4.69) is 28.2 Å². The fourth-order valence-corrected chi connectivity index (χ4v) is 2.21. The van der Waals surface area contributed by atoms with Crippen LogP contribution in [-0.4, -0.2) is 27.6 Å². The molecule has 0 atom stereocenters. The summed E-state index contributed by atoms with van der Waals surface area (Å²) in [4.78, 5) is 6.66. The summed E-state index contributed by atoms with van der Waals surface area (Å²) in [5, 5.41) is 4.24. The van der Waals surface area contributed by atoms with Gasteiger partial charge in [0.2, 0.25) is 0 Å². The average Bonchev–Trinajstić information content (AvgIpc) is 3.21. The fourth-order valence-electron chi connectivity index (χ4n) is 1.89. The van der Waals surface area contributed by atoms with Gasteiger partial charge in [-0.1, -0.05) is 19.4 Å². The smallest absolute Gasteiger partial charge is 0.169 e. The van der Waals surface area contributed by atoms with Crippen LogP contribution in [0.2, 0.25) is 0 Å². The van der Waals surface area contributed by atoms with Gasteiger partial charge in [-0.2, -0.15) is 0 Å². The lowest BCUT2D eigenvalue weighted by atomic mass is 10.3. The van der Waals surface area contributed by atoms with Gasteiger partial charge in [0, 0.05) is 18.8 Å². The molecule has 1 heterocycles. The van der Waals surface area contributed by atoms with Crippen LogP contribution in [0.4, 0.5) is 0 Å². The van der Waals surface area contributed by atoms with E-state index in [1.54, 1.807) is 0 Å². The quantitative estimate of drug-likeness (QED) is 0.631. The van der Waals surface area contributed by atoms with E-state index in [9.17, 15) is 0 Å². The number of nitrogens with zero attached hydrogens (tertiary/aromatic N) is 2. The molecule has 1 fully saturated rings. The maximum atomic E-state index is 5.49. The Balaban J connectivity index is 1.89. The molecule has 0 unspecified atom stereocenters. The third kappa shape index (κ3) is 3.95. The molecule has 0 amide bonds. The van der Waals surface area contributed by atoms with Crippen LogP contribution in [0.1, 0.15) is 38.3 Å². The van der Waals surface area contributed by atoms with Gasteiger partial charge in [0.1, 0.15) is 0 Å². The van der Waals surface area contributed by atoms with E-state index in [0.29, 0.717) is 6.04 Å². The SMILES string of the molecule is CCCCNC(=S)N(Cc1ccccn1)C1CC1. The maximum absolute atomic E-state index is 5.49. The number of thiocarbonyl (C=S) groups is 1. The van der Waals surface area contributed by atoms with Crippen LogP contribution < -0.4 is 5.32 Å². The van der Waals surface area contributed by atoms with Crippen molar-refractivity contribution in [2.45, 2.75) is 45.2 Å². The Morgan fingerprint density at radius 1 is 1.50 bits per heavy atom. The number of hydrogen-bond donors (Lipinski definition) is 1. The minimum atomic E-state index is 0.619. The molecule has 0 spiro atoms. The van der Waals surface area contributed by atoms with Gasteiger partial charge in [0.05, 0.1) is 12.2 Å². The molecule has 98 valence electrons. The summed E-state index contributed by atoms with van der Waals surface area (Å²) in [6, 6.07) is 6.65. The topological polar surface area (TPSA) is 28.2 Å². The van der Waals surface area contributed by atoms with Crippen LogP contribution in [0.25, 0.3) is 0 Å². The normalized spacial score (nSPS) is 14.3. The van der Waals surface area contributed by atoms with Gasteiger partial charge in [-0.15, -0.1) is 0 Å². The molecule has 18 heavy (non-hydrogen) atoms. The first-order valence-corrected chi connectivity index (χ1v) is 7.16. The molecule has 1 aromatic heterocycles. The Morgan fingerprint density at radius 3 is 2.94 bits per heavy atom. The molecule has 3 nitrogen and oxygen atoms in total. The molecule has 2 rings (SSSR count). The van der Waals surface area contributed by atoms with Crippen molar-refractivity contribution in [2.75, 3.05) is 6.54 Å². The van der Waals surface area contributed by atoms with Crippen molar-refractivity contribution in [3.05, 3.63) is 30.1 Å². The Kier molecular flexibility index (Phi) is 4.93. The van der Waals surface area contributed by atoms with Gasteiger partial charge >= 0.3 is 0 Å². The van der Waals surface area contributed by atoms with E-state index in [4.69, 9.17) is 12.2 Å². The molecule has 0 aromatic carbocycles. The van der Waals surface area contributed by atoms with E-state index < -0.39 is 0 Å². The van der Waals surface area contributed by atoms with Crippen LogP contribution in [0.15, 0.2) is 24.4 Å². The first kappa shape index (κ1) is 13.3. The van der Waals surface area contributed by atoms with Crippen molar-refractivity contribution in [3.8, 4) is 0 Å². The first-order chi connectivity index (χ1) is 8.81. The number of nitrogens with one attached hydrogen (secondary N) is 1. The highest BCUT2D eigenvalue weighted by molar-refractivity contribution is 7.80. The number of hydrogen-bond acceptors (Lipinski definition) is 2. The monoisotopic (exact) mass is 263 g/mol. The molecular formula is C14H21N3S. The fraction of sp³-hybridized carbons (Fsp3) is 0.571. The first-order valence-electron chi connectivity index (χ1n) is 6.75. The Hall–Kier alpha value is -1.16. The molecular weight excluding hydrogens is 242 g/mol. The zero-order chi connectivity index (χ0) is 12.8.